The molecule has 2 aromatic rings. The van der Waals surface area contributed by atoms with E-state index < -0.39 is 0 Å². The van der Waals surface area contributed by atoms with Gasteiger partial charge in [-0.05, 0) is 19.1 Å². The Balaban J connectivity index is 2.39. The molecule has 1 aromatic heterocycles. The molecule has 4 nitrogen and oxygen atoms in total. The Morgan fingerprint density at radius 1 is 1.50 bits per heavy atom. The van der Waals surface area contributed by atoms with Gasteiger partial charge >= 0.3 is 0 Å². The Labute approximate surface area is 107 Å². The van der Waals surface area contributed by atoms with E-state index in [1.165, 1.54) is 23.9 Å². The Bertz CT molecular complexity index is 627. The smallest absolute Gasteiger partial charge is 0.251 e. The first-order valence-corrected chi connectivity index (χ1v) is 6.15. The van der Waals surface area contributed by atoms with Crippen molar-refractivity contribution in [1.82, 2.24) is 9.97 Å². The van der Waals surface area contributed by atoms with Gasteiger partial charge in [0.15, 0.2) is 5.16 Å². The van der Waals surface area contributed by atoms with Crippen LogP contribution >= 0.6 is 11.8 Å². The number of aryl methyl sites for hydroxylation is 1. The molecular formula is C12H12FN3OS. The molecule has 0 saturated carbocycles. The maximum absolute atomic E-state index is 13.5. The summed E-state index contributed by atoms with van der Waals surface area (Å²) < 4.78 is 13.5. The summed E-state index contributed by atoms with van der Waals surface area (Å²) in [5.41, 5.74) is 6.33. The van der Waals surface area contributed by atoms with Gasteiger partial charge in [0.2, 0.25) is 0 Å². The highest BCUT2D eigenvalue weighted by atomic mass is 32.2. The molecule has 0 saturated heterocycles. The van der Waals surface area contributed by atoms with Gasteiger partial charge in [-0.25, -0.2) is 9.37 Å². The number of halogens is 1. The van der Waals surface area contributed by atoms with Crippen LogP contribution in [-0.2, 0) is 6.54 Å². The molecule has 1 heterocycles. The lowest BCUT2D eigenvalue weighted by Gasteiger charge is -2.07. The molecule has 18 heavy (non-hydrogen) atoms. The lowest BCUT2D eigenvalue weighted by atomic mass is 10.2. The zero-order valence-corrected chi connectivity index (χ0v) is 10.6. The van der Waals surface area contributed by atoms with Gasteiger partial charge in [0.05, 0.1) is 0 Å². The largest absolute Gasteiger partial charge is 0.326 e. The Kier molecular flexibility index (Phi) is 3.78. The van der Waals surface area contributed by atoms with Crippen molar-refractivity contribution in [1.29, 1.82) is 0 Å². The second kappa shape index (κ2) is 5.32. The van der Waals surface area contributed by atoms with Crippen molar-refractivity contribution in [2.24, 2.45) is 5.73 Å². The van der Waals surface area contributed by atoms with Crippen LogP contribution in [0.3, 0.4) is 0 Å². The van der Waals surface area contributed by atoms with Gasteiger partial charge in [-0.15, -0.1) is 0 Å². The van der Waals surface area contributed by atoms with Gasteiger partial charge in [-0.1, -0.05) is 17.8 Å². The SMILES string of the molecule is Cc1cc(=O)[nH]c(Sc2cccc(F)c2CN)n1. The summed E-state index contributed by atoms with van der Waals surface area (Å²) in [5, 5.41) is 0.431. The second-order valence-corrected chi connectivity index (χ2v) is 4.75. The molecule has 6 heteroatoms. The molecule has 0 aliphatic rings. The number of aromatic amines is 1. The van der Waals surface area contributed by atoms with Crippen LogP contribution in [0.2, 0.25) is 0 Å². The summed E-state index contributed by atoms with van der Waals surface area (Å²) in [7, 11) is 0. The van der Waals surface area contributed by atoms with E-state index in [-0.39, 0.29) is 17.9 Å². The topological polar surface area (TPSA) is 71.8 Å². The van der Waals surface area contributed by atoms with E-state index in [9.17, 15) is 9.18 Å². The first-order chi connectivity index (χ1) is 8.60. The molecule has 0 bridgehead atoms. The van der Waals surface area contributed by atoms with E-state index in [4.69, 9.17) is 5.73 Å². The lowest BCUT2D eigenvalue weighted by molar-refractivity contribution is 0.604. The van der Waals surface area contributed by atoms with Gasteiger partial charge in [0, 0.05) is 28.8 Å². The van der Waals surface area contributed by atoms with Crippen molar-refractivity contribution in [2.75, 3.05) is 0 Å². The Hall–Kier alpha value is -1.66. The van der Waals surface area contributed by atoms with Crippen LogP contribution in [0.5, 0.6) is 0 Å². The third-order valence-corrected chi connectivity index (χ3v) is 3.32. The molecule has 0 fully saturated rings. The lowest BCUT2D eigenvalue weighted by Crippen LogP contribution is -2.08. The second-order valence-electron chi connectivity index (χ2n) is 3.71. The number of nitrogens with two attached hydrogens (primary N) is 1. The molecule has 1 aromatic carbocycles. The van der Waals surface area contributed by atoms with Crippen LogP contribution < -0.4 is 11.3 Å². The number of nitrogens with one attached hydrogen (secondary N) is 1. The van der Waals surface area contributed by atoms with E-state index in [1.54, 1.807) is 19.1 Å². The summed E-state index contributed by atoms with van der Waals surface area (Å²) in [6.07, 6.45) is 0. The standard InChI is InChI=1S/C12H12FN3OS/c1-7-5-11(17)16-12(15-7)18-10-4-2-3-9(13)8(10)6-14/h2-5H,6,14H2,1H3,(H,15,16,17). The van der Waals surface area contributed by atoms with Crippen molar-refractivity contribution >= 4 is 11.8 Å². The summed E-state index contributed by atoms with van der Waals surface area (Å²) >= 11 is 1.19. The molecule has 0 radical (unpaired) electrons. The van der Waals surface area contributed by atoms with Gasteiger partial charge in [-0.2, -0.15) is 0 Å². The zero-order chi connectivity index (χ0) is 13.1. The zero-order valence-electron chi connectivity index (χ0n) is 9.74. The molecule has 0 spiro atoms. The maximum Gasteiger partial charge on any atom is 0.251 e. The first-order valence-electron chi connectivity index (χ1n) is 5.33. The van der Waals surface area contributed by atoms with Crippen LogP contribution in [-0.4, -0.2) is 9.97 Å². The van der Waals surface area contributed by atoms with Crippen LogP contribution in [0.4, 0.5) is 4.39 Å². The van der Waals surface area contributed by atoms with Crippen molar-refractivity contribution in [2.45, 2.75) is 23.5 Å². The third-order valence-electron chi connectivity index (χ3n) is 2.33. The van der Waals surface area contributed by atoms with Crippen molar-refractivity contribution in [3.63, 3.8) is 0 Å². The van der Waals surface area contributed by atoms with E-state index in [2.05, 4.69) is 9.97 Å². The number of aromatic nitrogens is 2. The highest BCUT2D eigenvalue weighted by Gasteiger charge is 2.09. The molecule has 0 amide bonds. The molecule has 3 N–H and O–H groups in total. The Morgan fingerprint density at radius 2 is 2.28 bits per heavy atom. The molecule has 0 unspecified atom stereocenters. The first kappa shape index (κ1) is 12.8. The summed E-state index contributed by atoms with van der Waals surface area (Å²) in [4.78, 5) is 18.8. The molecule has 0 aliphatic heterocycles. The van der Waals surface area contributed by atoms with E-state index in [1.807, 2.05) is 0 Å². The number of nitrogens with zero attached hydrogens (tertiary/aromatic N) is 1. The van der Waals surface area contributed by atoms with Crippen molar-refractivity contribution in [3.05, 3.63) is 51.7 Å². The third kappa shape index (κ3) is 2.77. The number of hydrogen-bond acceptors (Lipinski definition) is 4. The monoisotopic (exact) mass is 265 g/mol. The minimum atomic E-state index is -0.350. The summed E-state index contributed by atoms with van der Waals surface area (Å²) in [6, 6.07) is 6.11. The molecule has 2 rings (SSSR count). The minimum Gasteiger partial charge on any atom is -0.326 e. The fourth-order valence-electron chi connectivity index (χ4n) is 1.54. The number of H-pyrrole nitrogens is 1. The van der Waals surface area contributed by atoms with Crippen LogP contribution in [0.15, 0.2) is 39.1 Å². The van der Waals surface area contributed by atoms with E-state index in [0.29, 0.717) is 21.3 Å². The van der Waals surface area contributed by atoms with E-state index >= 15 is 0 Å². The van der Waals surface area contributed by atoms with Crippen LogP contribution in [0, 0.1) is 12.7 Å². The van der Waals surface area contributed by atoms with Crippen molar-refractivity contribution in [3.8, 4) is 0 Å². The maximum atomic E-state index is 13.5. The fraction of sp³-hybridized carbons (Fsp3) is 0.167. The van der Waals surface area contributed by atoms with Crippen molar-refractivity contribution < 1.29 is 4.39 Å². The van der Waals surface area contributed by atoms with E-state index in [0.717, 1.165) is 0 Å². The number of rotatable bonds is 3. The van der Waals surface area contributed by atoms with Crippen LogP contribution in [0.1, 0.15) is 11.3 Å². The summed E-state index contributed by atoms with van der Waals surface area (Å²) in [6.45, 7) is 1.83. The molecule has 94 valence electrons. The van der Waals surface area contributed by atoms with Gasteiger partial charge < -0.3 is 10.7 Å². The average Bonchev–Trinajstić information content (AvgIpc) is 2.27. The fourth-order valence-corrected chi connectivity index (χ4v) is 2.54. The molecular weight excluding hydrogens is 253 g/mol. The predicted octanol–water partition coefficient (Wildman–Crippen LogP) is 1.83. The van der Waals surface area contributed by atoms with Gasteiger partial charge in [-0.3, -0.25) is 4.79 Å². The highest BCUT2D eigenvalue weighted by molar-refractivity contribution is 7.99. The van der Waals surface area contributed by atoms with Crippen LogP contribution in [0.25, 0.3) is 0 Å². The molecule has 0 aliphatic carbocycles. The highest BCUT2D eigenvalue weighted by Crippen LogP contribution is 2.28. The van der Waals surface area contributed by atoms with Gasteiger partial charge in [0.1, 0.15) is 5.82 Å². The average molecular weight is 265 g/mol. The summed E-state index contributed by atoms with van der Waals surface area (Å²) in [5.74, 6) is -0.350. The number of hydrogen-bond donors (Lipinski definition) is 2. The van der Waals surface area contributed by atoms with Gasteiger partial charge in [0.25, 0.3) is 5.56 Å². The predicted molar refractivity (Wildman–Crippen MR) is 68.0 cm³/mol. The normalized spacial score (nSPS) is 10.6. The molecule has 0 atom stereocenters. The minimum absolute atomic E-state index is 0.102. The Morgan fingerprint density at radius 3 is 2.94 bits per heavy atom. The number of benzene rings is 1. The quantitative estimate of drug-likeness (QED) is 0.830.